The molecule has 0 radical (unpaired) electrons. The molecule has 0 aliphatic heterocycles. The van der Waals surface area contributed by atoms with Crippen LogP contribution in [0.2, 0.25) is 0 Å². The minimum atomic E-state index is -1.19. The molecule has 0 bridgehead atoms. The van der Waals surface area contributed by atoms with E-state index in [2.05, 4.69) is 5.32 Å². The van der Waals surface area contributed by atoms with Crippen LogP contribution in [0, 0.1) is 10.1 Å². The third-order valence-electron chi connectivity index (χ3n) is 4.67. The summed E-state index contributed by atoms with van der Waals surface area (Å²) in [7, 11) is 0. The van der Waals surface area contributed by atoms with Crippen molar-refractivity contribution in [2.75, 3.05) is 6.54 Å². The largest absolute Gasteiger partial charge is 0.419 e. The van der Waals surface area contributed by atoms with Crippen LogP contribution in [0.4, 0.5) is 5.69 Å². The molecule has 1 amide bonds. The van der Waals surface area contributed by atoms with Crippen molar-refractivity contribution in [2.45, 2.75) is 31.9 Å². The van der Waals surface area contributed by atoms with Gasteiger partial charge in [0.15, 0.2) is 5.58 Å². The lowest BCUT2D eigenvalue weighted by molar-refractivity contribution is -0.384. The third-order valence-corrected chi connectivity index (χ3v) is 4.67. The summed E-state index contributed by atoms with van der Waals surface area (Å²) in [5, 5.41) is 24.0. The van der Waals surface area contributed by atoms with Crippen molar-refractivity contribution < 1.29 is 19.2 Å². The number of benzene rings is 2. The number of aryl methyl sites for hydroxylation is 1. The molecule has 3 rings (SSSR count). The lowest BCUT2D eigenvalue weighted by atomic mass is 9.96. The second-order valence-corrected chi connectivity index (χ2v) is 6.95. The molecule has 1 atom stereocenters. The van der Waals surface area contributed by atoms with Gasteiger partial charge in [-0.05, 0) is 25.0 Å². The molecule has 1 heterocycles. The Hall–Kier alpha value is -3.46. The summed E-state index contributed by atoms with van der Waals surface area (Å²) in [6, 6.07) is 13.0. The molecule has 3 aromatic rings. The van der Waals surface area contributed by atoms with E-state index in [0.717, 1.165) is 0 Å². The van der Waals surface area contributed by atoms with Crippen LogP contribution in [-0.4, -0.2) is 27.0 Å². The second-order valence-electron chi connectivity index (χ2n) is 6.95. The van der Waals surface area contributed by atoms with Gasteiger partial charge in [-0.2, -0.15) is 0 Å². The highest BCUT2D eigenvalue weighted by molar-refractivity contribution is 5.76. The van der Waals surface area contributed by atoms with Crippen LogP contribution in [0.5, 0.6) is 0 Å². The van der Waals surface area contributed by atoms with Crippen LogP contribution < -0.4 is 11.1 Å². The Morgan fingerprint density at radius 1 is 1.28 bits per heavy atom. The van der Waals surface area contributed by atoms with Gasteiger partial charge >= 0.3 is 5.76 Å². The van der Waals surface area contributed by atoms with Gasteiger partial charge in [-0.3, -0.25) is 19.5 Å². The number of nitrogens with one attached hydrogen (secondary N) is 1. The fourth-order valence-electron chi connectivity index (χ4n) is 3.04. The number of non-ortho nitro benzene ring substituents is 1. The Labute approximate surface area is 165 Å². The predicted octanol–water partition coefficient (Wildman–Crippen LogP) is 2.31. The zero-order valence-corrected chi connectivity index (χ0v) is 15.8. The molecule has 0 aliphatic rings. The number of carbonyl (C=O) groups excluding carboxylic acids is 1. The van der Waals surface area contributed by atoms with E-state index >= 15 is 0 Å². The standard InChI is InChI=1S/C20H21N3O6/c1-20(26,14-6-3-2-4-7-14)13-21-18(24)8-5-11-22-16-10-9-15(23(27)28)12-17(16)29-19(22)25/h2-4,6-7,9-10,12,26H,5,8,11,13H2,1H3,(H,21,24)/t20-/m0/s1. The number of hydrogen-bond acceptors (Lipinski definition) is 6. The first kappa shape index (κ1) is 20.3. The average Bonchev–Trinajstić information content (AvgIpc) is 3.01. The maximum Gasteiger partial charge on any atom is 0.419 e. The van der Waals surface area contributed by atoms with Crippen molar-refractivity contribution in [3.8, 4) is 0 Å². The van der Waals surface area contributed by atoms with Gasteiger partial charge in [0.1, 0.15) is 5.60 Å². The number of rotatable bonds is 8. The lowest BCUT2D eigenvalue weighted by Gasteiger charge is -2.24. The number of nitro groups is 1. The molecular weight excluding hydrogens is 378 g/mol. The number of nitrogens with zero attached hydrogens (tertiary/aromatic N) is 2. The Kier molecular flexibility index (Phi) is 5.79. The first-order valence-electron chi connectivity index (χ1n) is 9.10. The fraction of sp³-hybridized carbons (Fsp3) is 0.300. The Bertz CT molecular complexity index is 1080. The van der Waals surface area contributed by atoms with Crippen molar-refractivity contribution in [3.63, 3.8) is 0 Å². The van der Waals surface area contributed by atoms with Gasteiger partial charge in [0.05, 0.1) is 23.1 Å². The van der Waals surface area contributed by atoms with Gasteiger partial charge in [0, 0.05) is 19.0 Å². The van der Waals surface area contributed by atoms with E-state index in [1.165, 1.54) is 22.8 Å². The lowest BCUT2D eigenvalue weighted by Crippen LogP contribution is -2.38. The smallest absolute Gasteiger partial charge is 0.407 e. The summed E-state index contributed by atoms with van der Waals surface area (Å²) in [5.41, 5.74) is -0.0850. The van der Waals surface area contributed by atoms with Crippen LogP contribution >= 0.6 is 0 Å². The molecular formula is C20H21N3O6. The van der Waals surface area contributed by atoms with E-state index in [0.29, 0.717) is 17.5 Å². The minimum Gasteiger partial charge on any atom is -0.407 e. The molecule has 152 valence electrons. The molecule has 0 saturated carbocycles. The number of amides is 1. The van der Waals surface area contributed by atoms with Crippen molar-refractivity contribution in [2.24, 2.45) is 0 Å². The summed E-state index contributed by atoms with van der Waals surface area (Å²) < 4.78 is 6.40. The highest BCUT2D eigenvalue weighted by Crippen LogP contribution is 2.21. The van der Waals surface area contributed by atoms with Crippen molar-refractivity contribution in [1.82, 2.24) is 9.88 Å². The fourth-order valence-corrected chi connectivity index (χ4v) is 3.04. The van der Waals surface area contributed by atoms with Crippen LogP contribution in [0.3, 0.4) is 0 Å². The van der Waals surface area contributed by atoms with Gasteiger partial charge < -0.3 is 14.8 Å². The second kappa shape index (κ2) is 8.27. The number of nitro benzene ring substituents is 1. The molecule has 0 unspecified atom stereocenters. The molecule has 0 saturated heterocycles. The van der Waals surface area contributed by atoms with Gasteiger partial charge in [0.25, 0.3) is 5.69 Å². The molecule has 2 N–H and O–H groups in total. The van der Waals surface area contributed by atoms with Crippen LogP contribution in [-0.2, 0) is 16.9 Å². The van der Waals surface area contributed by atoms with E-state index in [4.69, 9.17) is 4.42 Å². The number of carbonyl (C=O) groups is 1. The predicted molar refractivity (Wildman–Crippen MR) is 105 cm³/mol. The van der Waals surface area contributed by atoms with Crippen LogP contribution in [0.15, 0.2) is 57.7 Å². The molecule has 9 heteroatoms. The molecule has 0 aliphatic carbocycles. The highest BCUT2D eigenvalue weighted by Gasteiger charge is 2.23. The van der Waals surface area contributed by atoms with E-state index in [-0.39, 0.29) is 36.7 Å². The number of aromatic nitrogens is 1. The first-order valence-corrected chi connectivity index (χ1v) is 9.10. The zero-order chi connectivity index (χ0) is 21.0. The summed E-state index contributed by atoms with van der Waals surface area (Å²) in [6.07, 6.45) is 0.516. The van der Waals surface area contributed by atoms with Crippen molar-refractivity contribution in [3.05, 3.63) is 74.8 Å². The Morgan fingerprint density at radius 2 is 2.00 bits per heavy atom. The molecule has 1 aromatic heterocycles. The van der Waals surface area contributed by atoms with Gasteiger partial charge in [-0.15, -0.1) is 0 Å². The normalized spacial score (nSPS) is 13.2. The van der Waals surface area contributed by atoms with Gasteiger partial charge in [-0.1, -0.05) is 30.3 Å². The maximum atomic E-state index is 12.1. The van der Waals surface area contributed by atoms with E-state index in [1.807, 2.05) is 18.2 Å². The van der Waals surface area contributed by atoms with Gasteiger partial charge in [-0.25, -0.2) is 4.79 Å². The SMILES string of the molecule is C[C@](O)(CNC(=O)CCCn1c(=O)oc2cc([N+](=O)[O-])ccc21)c1ccccc1. The molecule has 0 fully saturated rings. The Morgan fingerprint density at radius 3 is 2.69 bits per heavy atom. The first-order chi connectivity index (χ1) is 13.8. The minimum absolute atomic E-state index is 0.0636. The van der Waals surface area contributed by atoms with Crippen molar-refractivity contribution >= 4 is 22.7 Å². The third kappa shape index (κ3) is 4.69. The average molecular weight is 399 g/mol. The number of aliphatic hydroxyl groups is 1. The number of oxazole rings is 1. The summed E-state index contributed by atoms with van der Waals surface area (Å²) in [4.78, 5) is 34.4. The maximum absolute atomic E-state index is 12.1. The van der Waals surface area contributed by atoms with Crippen LogP contribution in [0.1, 0.15) is 25.3 Å². The Balaban J connectivity index is 1.56. The highest BCUT2D eigenvalue weighted by atomic mass is 16.6. The molecule has 0 spiro atoms. The van der Waals surface area contributed by atoms with Crippen LogP contribution in [0.25, 0.3) is 11.1 Å². The van der Waals surface area contributed by atoms with E-state index < -0.39 is 16.3 Å². The summed E-state index contributed by atoms with van der Waals surface area (Å²) in [5.74, 6) is -0.884. The molecule has 29 heavy (non-hydrogen) atoms. The van der Waals surface area contributed by atoms with E-state index in [1.54, 1.807) is 19.1 Å². The van der Waals surface area contributed by atoms with Crippen molar-refractivity contribution in [1.29, 1.82) is 0 Å². The summed E-state index contributed by atoms with van der Waals surface area (Å²) in [6.45, 7) is 1.92. The molecule has 9 nitrogen and oxygen atoms in total. The number of hydrogen-bond donors (Lipinski definition) is 2. The topological polar surface area (TPSA) is 128 Å². The number of fused-ring (bicyclic) bond motifs is 1. The zero-order valence-electron chi connectivity index (χ0n) is 15.8. The monoisotopic (exact) mass is 399 g/mol. The quantitative estimate of drug-likeness (QED) is 0.442. The summed E-state index contributed by atoms with van der Waals surface area (Å²) >= 11 is 0. The molecule has 2 aromatic carbocycles. The van der Waals surface area contributed by atoms with E-state index in [9.17, 15) is 24.8 Å². The van der Waals surface area contributed by atoms with Gasteiger partial charge in [0.2, 0.25) is 5.91 Å².